The van der Waals surface area contributed by atoms with Crippen molar-refractivity contribution in [3.05, 3.63) is 64.0 Å². The number of hydrogen-bond acceptors (Lipinski definition) is 6. The maximum Gasteiger partial charge on any atom is 0.270 e. The van der Waals surface area contributed by atoms with Gasteiger partial charge in [0.1, 0.15) is 5.82 Å². The molecule has 3 aromatic rings. The summed E-state index contributed by atoms with van der Waals surface area (Å²) in [5, 5.41) is 11.8. The lowest BCUT2D eigenvalue weighted by Gasteiger charge is -2.34. The Morgan fingerprint density at radius 3 is 2.65 bits per heavy atom. The fraction of sp³-hybridized carbons (Fsp3) is 0.278. The number of fused-ring (bicyclic) bond motifs is 1. The predicted octanol–water partition coefficient (Wildman–Crippen LogP) is 3.67. The van der Waals surface area contributed by atoms with Crippen molar-refractivity contribution < 1.29 is 9.31 Å². The third-order valence-corrected chi connectivity index (χ3v) is 5.65. The van der Waals surface area contributed by atoms with Gasteiger partial charge < -0.3 is 4.90 Å². The number of anilines is 1. The summed E-state index contributed by atoms with van der Waals surface area (Å²) < 4.78 is 14.6. The van der Waals surface area contributed by atoms with Crippen molar-refractivity contribution in [2.24, 2.45) is 0 Å². The number of non-ortho nitro benzene ring substituents is 1. The second-order valence-corrected chi connectivity index (χ2v) is 7.27. The first-order valence-electron chi connectivity index (χ1n) is 8.36. The molecule has 0 radical (unpaired) electrons. The van der Waals surface area contributed by atoms with Gasteiger partial charge in [0, 0.05) is 50.4 Å². The lowest BCUT2D eigenvalue weighted by Crippen LogP contribution is -2.46. The minimum Gasteiger partial charge on any atom is -0.345 e. The Hall–Kier alpha value is -2.58. The van der Waals surface area contributed by atoms with E-state index < -0.39 is 0 Å². The number of rotatable bonds is 4. The molecule has 2 aromatic carbocycles. The summed E-state index contributed by atoms with van der Waals surface area (Å²) in [4.78, 5) is 19.5. The smallest absolute Gasteiger partial charge is 0.270 e. The van der Waals surface area contributed by atoms with Crippen LogP contribution in [0.3, 0.4) is 0 Å². The van der Waals surface area contributed by atoms with Crippen LogP contribution in [-0.2, 0) is 6.54 Å². The van der Waals surface area contributed by atoms with Crippen LogP contribution < -0.4 is 4.90 Å². The molecular weight excluding hydrogens is 355 g/mol. The summed E-state index contributed by atoms with van der Waals surface area (Å²) in [5.74, 6) is -0.164. The molecule has 1 aromatic heterocycles. The van der Waals surface area contributed by atoms with Crippen molar-refractivity contribution in [3.63, 3.8) is 0 Å². The van der Waals surface area contributed by atoms with E-state index in [-0.39, 0.29) is 16.4 Å². The second kappa shape index (κ2) is 6.97. The zero-order chi connectivity index (χ0) is 18.1. The van der Waals surface area contributed by atoms with Crippen LogP contribution in [0.25, 0.3) is 10.2 Å². The fourth-order valence-corrected chi connectivity index (χ4v) is 4.17. The average molecular weight is 372 g/mol. The fourth-order valence-electron chi connectivity index (χ4n) is 3.11. The Bertz CT molecular complexity index is 953. The molecule has 134 valence electrons. The molecule has 1 aliphatic heterocycles. The topological polar surface area (TPSA) is 62.5 Å². The Balaban J connectivity index is 1.44. The summed E-state index contributed by atoms with van der Waals surface area (Å²) in [6.07, 6.45) is 0. The van der Waals surface area contributed by atoms with Crippen molar-refractivity contribution in [1.82, 2.24) is 9.88 Å². The number of aromatic nitrogens is 1. The first-order valence-corrected chi connectivity index (χ1v) is 9.17. The van der Waals surface area contributed by atoms with Gasteiger partial charge in [-0.25, -0.2) is 9.37 Å². The van der Waals surface area contributed by atoms with Gasteiger partial charge >= 0.3 is 0 Å². The van der Waals surface area contributed by atoms with Crippen molar-refractivity contribution in [2.75, 3.05) is 31.1 Å². The highest BCUT2D eigenvalue weighted by molar-refractivity contribution is 7.22. The summed E-state index contributed by atoms with van der Waals surface area (Å²) >= 11 is 1.47. The summed E-state index contributed by atoms with van der Waals surface area (Å²) in [6, 6.07) is 11.6. The number of nitro groups is 1. The van der Waals surface area contributed by atoms with Gasteiger partial charge in [-0.05, 0) is 12.1 Å². The first-order chi connectivity index (χ1) is 12.6. The minimum atomic E-state index is -0.389. The lowest BCUT2D eigenvalue weighted by molar-refractivity contribution is -0.384. The van der Waals surface area contributed by atoms with Crippen molar-refractivity contribution >= 4 is 32.4 Å². The van der Waals surface area contributed by atoms with Crippen LogP contribution in [-0.4, -0.2) is 41.0 Å². The van der Waals surface area contributed by atoms with E-state index in [1.807, 2.05) is 12.1 Å². The lowest BCUT2D eigenvalue weighted by atomic mass is 10.2. The van der Waals surface area contributed by atoms with Crippen LogP contribution in [0.1, 0.15) is 5.56 Å². The molecule has 26 heavy (non-hydrogen) atoms. The largest absolute Gasteiger partial charge is 0.345 e. The van der Waals surface area contributed by atoms with E-state index >= 15 is 0 Å². The van der Waals surface area contributed by atoms with Gasteiger partial charge in [0.15, 0.2) is 5.13 Å². The molecular formula is C18H17FN4O2S. The van der Waals surface area contributed by atoms with E-state index in [1.165, 1.54) is 23.5 Å². The molecule has 6 nitrogen and oxygen atoms in total. The molecule has 8 heteroatoms. The average Bonchev–Trinajstić information content (AvgIpc) is 3.07. The van der Waals surface area contributed by atoms with Gasteiger partial charge in [0.05, 0.1) is 15.1 Å². The standard InChI is InChI=1S/C18H17FN4O2S/c19-15-4-2-1-3-13(15)12-21-7-9-22(10-8-21)18-20-16-6-5-14(23(24)25)11-17(16)26-18/h1-6,11H,7-10,12H2. The van der Waals surface area contributed by atoms with Crippen molar-refractivity contribution in [1.29, 1.82) is 0 Å². The number of nitrogens with zero attached hydrogens (tertiary/aromatic N) is 4. The summed E-state index contributed by atoms with van der Waals surface area (Å²) in [6.45, 7) is 3.86. The van der Waals surface area contributed by atoms with E-state index in [0.717, 1.165) is 41.5 Å². The number of benzene rings is 2. The molecule has 0 amide bonds. The van der Waals surface area contributed by atoms with Crippen LogP contribution in [0.2, 0.25) is 0 Å². The van der Waals surface area contributed by atoms with E-state index in [1.54, 1.807) is 18.2 Å². The molecule has 0 N–H and O–H groups in total. The van der Waals surface area contributed by atoms with Crippen LogP contribution >= 0.6 is 11.3 Å². The monoisotopic (exact) mass is 372 g/mol. The molecule has 1 fully saturated rings. The molecule has 0 spiro atoms. The molecule has 1 saturated heterocycles. The number of piperazine rings is 1. The van der Waals surface area contributed by atoms with Crippen molar-refractivity contribution in [2.45, 2.75) is 6.54 Å². The third kappa shape index (κ3) is 3.38. The van der Waals surface area contributed by atoms with E-state index in [9.17, 15) is 14.5 Å². The molecule has 4 rings (SSSR count). The second-order valence-electron chi connectivity index (χ2n) is 6.26. The highest BCUT2D eigenvalue weighted by Gasteiger charge is 2.21. The highest BCUT2D eigenvalue weighted by atomic mass is 32.1. The Morgan fingerprint density at radius 1 is 1.15 bits per heavy atom. The molecule has 0 saturated carbocycles. The number of thiazole rings is 1. The van der Waals surface area contributed by atoms with Crippen LogP contribution in [0.15, 0.2) is 42.5 Å². The van der Waals surface area contributed by atoms with Gasteiger partial charge in [-0.15, -0.1) is 0 Å². The zero-order valence-corrected chi connectivity index (χ0v) is 14.8. The highest BCUT2D eigenvalue weighted by Crippen LogP contribution is 2.31. The van der Waals surface area contributed by atoms with Crippen LogP contribution in [0.4, 0.5) is 15.2 Å². The van der Waals surface area contributed by atoms with E-state index in [4.69, 9.17) is 0 Å². The van der Waals surface area contributed by atoms with Gasteiger partial charge in [-0.1, -0.05) is 29.5 Å². The zero-order valence-electron chi connectivity index (χ0n) is 14.0. The third-order valence-electron chi connectivity index (χ3n) is 4.57. The Morgan fingerprint density at radius 2 is 1.92 bits per heavy atom. The minimum absolute atomic E-state index is 0.0856. The van der Waals surface area contributed by atoms with Gasteiger partial charge in [0.2, 0.25) is 0 Å². The summed E-state index contributed by atoms with van der Waals surface area (Å²) in [7, 11) is 0. The maximum atomic E-state index is 13.8. The van der Waals surface area contributed by atoms with Gasteiger partial charge in [-0.2, -0.15) is 0 Å². The predicted molar refractivity (Wildman–Crippen MR) is 100 cm³/mol. The molecule has 0 bridgehead atoms. The molecule has 1 aliphatic rings. The summed E-state index contributed by atoms with van der Waals surface area (Å²) in [5.41, 5.74) is 1.58. The van der Waals surface area contributed by atoms with E-state index in [2.05, 4.69) is 14.8 Å². The van der Waals surface area contributed by atoms with Gasteiger partial charge in [0.25, 0.3) is 5.69 Å². The Labute approximate surface area is 153 Å². The molecule has 0 aliphatic carbocycles. The number of nitro benzene ring substituents is 1. The normalized spacial score (nSPS) is 15.5. The van der Waals surface area contributed by atoms with Crippen molar-refractivity contribution in [3.8, 4) is 0 Å². The first kappa shape index (κ1) is 16.9. The van der Waals surface area contributed by atoms with E-state index in [0.29, 0.717) is 12.1 Å². The Kier molecular flexibility index (Phi) is 4.52. The van der Waals surface area contributed by atoms with Gasteiger partial charge in [-0.3, -0.25) is 15.0 Å². The molecule has 0 unspecified atom stereocenters. The molecule has 0 atom stereocenters. The SMILES string of the molecule is O=[N+]([O-])c1ccc2nc(N3CCN(Cc4ccccc4F)CC3)sc2c1. The van der Waals surface area contributed by atoms with Crippen LogP contribution in [0.5, 0.6) is 0 Å². The molecule has 2 heterocycles. The quantitative estimate of drug-likeness (QED) is 0.517. The number of halogens is 1. The maximum absolute atomic E-state index is 13.8. The number of hydrogen-bond donors (Lipinski definition) is 0. The van der Waals surface area contributed by atoms with Crippen LogP contribution in [0, 0.1) is 15.9 Å².